The summed E-state index contributed by atoms with van der Waals surface area (Å²) in [6.45, 7) is 5.94. The molecule has 2 aromatic rings. The molecule has 0 aliphatic rings. The van der Waals surface area contributed by atoms with Crippen LogP contribution in [0.2, 0.25) is 5.02 Å². The molecule has 0 spiro atoms. The topological polar surface area (TPSA) is 49.8 Å². The van der Waals surface area contributed by atoms with Gasteiger partial charge in [0, 0.05) is 29.2 Å². The van der Waals surface area contributed by atoms with Gasteiger partial charge in [-0.25, -0.2) is 14.4 Å². The largest absolute Gasteiger partial charge is 0.373 e. The van der Waals surface area contributed by atoms with Crippen molar-refractivity contribution in [2.45, 2.75) is 26.7 Å². The molecule has 2 rings (SSSR count). The Morgan fingerprint density at radius 2 is 1.81 bits per heavy atom. The van der Waals surface area contributed by atoms with Gasteiger partial charge in [0.2, 0.25) is 0 Å². The lowest BCUT2D eigenvalue weighted by atomic mass is 10.2. The van der Waals surface area contributed by atoms with Gasteiger partial charge in [0.15, 0.2) is 0 Å². The zero-order chi connectivity index (χ0) is 15.6. The minimum atomic E-state index is -0.394. The molecule has 0 unspecified atom stereocenters. The highest BCUT2D eigenvalue weighted by atomic mass is 35.5. The van der Waals surface area contributed by atoms with Gasteiger partial charge in [-0.15, -0.1) is 0 Å². The zero-order valence-electron chi connectivity index (χ0n) is 12.5. The van der Waals surface area contributed by atoms with Crippen molar-refractivity contribution >= 4 is 28.9 Å². The summed E-state index contributed by atoms with van der Waals surface area (Å²) in [5, 5.41) is 6.49. The van der Waals surface area contributed by atoms with Crippen LogP contribution in [0.4, 0.5) is 21.7 Å². The second-order valence-electron chi connectivity index (χ2n) is 5.09. The Hall–Kier alpha value is -1.88. The van der Waals surface area contributed by atoms with Crippen molar-refractivity contribution in [1.29, 1.82) is 0 Å². The zero-order valence-corrected chi connectivity index (χ0v) is 13.2. The molecule has 0 radical (unpaired) electrons. The van der Waals surface area contributed by atoms with Crippen LogP contribution in [0.15, 0.2) is 18.2 Å². The Labute approximate surface area is 128 Å². The monoisotopic (exact) mass is 308 g/mol. The fourth-order valence-electron chi connectivity index (χ4n) is 1.92. The molecular weight excluding hydrogens is 291 g/mol. The predicted octanol–water partition coefficient (Wildman–Crippen LogP) is 4.49. The van der Waals surface area contributed by atoms with Crippen LogP contribution in [0.1, 0.15) is 31.2 Å². The number of rotatable bonds is 4. The highest BCUT2D eigenvalue weighted by molar-refractivity contribution is 6.30. The first-order chi connectivity index (χ1) is 9.90. The molecule has 112 valence electrons. The van der Waals surface area contributed by atoms with Crippen LogP contribution in [0.5, 0.6) is 0 Å². The van der Waals surface area contributed by atoms with E-state index in [1.807, 2.05) is 27.8 Å². The van der Waals surface area contributed by atoms with E-state index < -0.39 is 5.82 Å². The average molecular weight is 309 g/mol. The van der Waals surface area contributed by atoms with Gasteiger partial charge >= 0.3 is 0 Å². The number of hydrogen-bond acceptors (Lipinski definition) is 4. The Bertz CT molecular complexity index is 638. The van der Waals surface area contributed by atoms with Gasteiger partial charge < -0.3 is 10.6 Å². The average Bonchev–Trinajstić information content (AvgIpc) is 2.39. The van der Waals surface area contributed by atoms with Gasteiger partial charge in [-0.2, -0.15) is 0 Å². The summed E-state index contributed by atoms with van der Waals surface area (Å²) in [6, 6.07) is 4.29. The summed E-state index contributed by atoms with van der Waals surface area (Å²) in [4.78, 5) is 8.97. The normalized spacial score (nSPS) is 10.8. The minimum absolute atomic E-state index is 0.189. The van der Waals surface area contributed by atoms with E-state index in [0.717, 1.165) is 17.2 Å². The minimum Gasteiger partial charge on any atom is -0.373 e. The third kappa shape index (κ3) is 3.61. The summed E-state index contributed by atoms with van der Waals surface area (Å²) in [7, 11) is 1.81. The number of benzene rings is 1. The summed E-state index contributed by atoms with van der Waals surface area (Å²) in [5.41, 5.74) is 1.42. The molecule has 0 fully saturated rings. The fourth-order valence-corrected chi connectivity index (χ4v) is 2.14. The van der Waals surface area contributed by atoms with Crippen molar-refractivity contribution in [3.05, 3.63) is 40.4 Å². The molecule has 0 saturated carbocycles. The maximum Gasteiger partial charge on any atom is 0.139 e. The van der Waals surface area contributed by atoms with E-state index in [1.165, 1.54) is 12.1 Å². The van der Waals surface area contributed by atoms with E-state index >= 15 is 0 Å². The van der Waals surface area contributed by atoms with Crippen LogP contribution in [0.3, 0.4) is 0 Å². The smallest absolute Gasteiger partial charge is 0.139 e. The van der Waals surface area contributed by atoms with Crippen molar-refractivity contribution in [2.24, 2.45) is 0 Å². The van der Waals surface area contributed by atoms with Crippen LogP contribution in [0.25, 0.3) is 0 Å². The van der Waals surface area contributed by atoms with Crippen LogP contribution in [-0.2, 0) is 0 Å². The lowest BCUT2D eigenvalue weighted by molar-refractivity contribution is 0.628. The van der Waals surface area contributed by atoms with E-state index in [9.17, 15) is 4.39 Å². The maximum absolute atomic E-state index is 13.4. The van der Waals surface area contributed by atoms with E-state index in [2.05, 4.69) is 20.6 Å². The standard InChI is InChI=1S/C15H18ClFN4/c1-8(2)13-20-14(18-4)9(3)15(21-13)19-12-6-10(16)5-11(17)7-12/h5-8H,1-4H3,(H2,18,19,20,21). The Balaban J connectivity index is 2.45. The second-order valence-corrected chi connectivity index (χ2v) is 5.53. The third-order valence-corrected chi connectivity index (χ3v) is 3.26. The number of hydrogen-bond donors (Lipinski definition) is 2. The molecular formula is C15H18ClFN4. The van der Waals surface area contributed by atoms with Crippen molar-refractivity contribution < 1.29 is 4.39 Å². The first-order valence-electron chi connectivity index (χ1n) is 6.70. The van der Waals surface area contributed by atoms with Crippen molar-refractivity contribution in [2.75, 3.05) is 17.7 Å². The molecule has 0 aliphatic carbocycles. The molecule has 1 aromatic carbocycles. The first kappa shape index (κ1) is 15.5. The fraction of sp³-hybridized carbons (Fsp3) is 0.333. The number of halogens is 2. The lowest BCUT2D eigenvalue weighted by Gasteiger charge is -2.15. The highest BCUT2D eigenvalue weighted by Crippen LogP contribution is 2.27. The van der Waals surface area contributed by atoms with E-state index in [1.54, 1.807) is 6.07 Å². The van der Waals surface area contributed by atoms with Gasteiger partial charge in [-0.05, 0) is 25.1 Å². The van der Waals surface area contributed by atoms with Gasteiger partial charge in [0.25, 0.3) is 0 Å². The van der Waals surface area contributed by atoms with Crippen LogP contribution < -0.4 is 10.6 Å². The SMILES string of the molecule is CNc1nc(C(C)C)nc(Nc2cc(F)cc(Cl)c2)c1C. The van der Waals surface area contributed by atoms with Gasteiger partial charge in [-0.3, -0.25) is 0 Å². The molecule has 6 heteroatoms. The molecule has 1 aromatic heterocycles. The van der Waals surface area contributed by atoms with E-state index in [4.69, 9.17) is 11.6 Å². The quantitative estimate of drug-likeness (QED) is 0.874. The second kappa shape index (κ2) is 6.26. The molecule has 0 bridgehead atoms. The third-order valence-electron chi connectivity index (χ3n) is 3.04. The van der Waals surface area contributed by atoms with Gasteiger partial charge in [0.05, 0.1) is 0 Å². The van der Waals surface area contributed by atoms with E-state index in [-0.39, 0.29) is 5.92 Å². The first-order valence-corrected chi connectivity index (χ1v) is 7.08. The molecule has 0 atom stereocenters. The number of nitrogens with zero attached hydrogens (tertiary/aromatic N) is 2. The summed E-state index contributed by atoms with van der Waals surface area (Å²) < 4.78 is 13.4. The van der Waals surface area contributed by atoms with Crippen LogP contribution in [0, 0.1) is 12.7 Å². The Morgan fingerprint density at radius 1 is 1.14 bits per heavy atom. The number of nitrogens with one attached hydrogen (secondary N) is 2. The van der Waals surface area contributed by atoms with Crippen molar-refractivity contribution in [3.63, 3.8) is 0 Å². The van der Waals surface area contributed by atoms with E-state index in [0.29, 0.717) is 16.5 Å². The van der Waals surface area contributed by atoms with Crippen molar-refractivity contribution in [1.82, 2.24) is 9.97 Å². The molecule has 0 aliphatic heterocycles. The van der Waals surface area contributed by atoms with Crippen molar-refractivity contribution in [3.8, 4) is 0 Å². The van der Waals surface area contributed by atoms with Crippen LogP contribution in [-0.4, -0.2) is 17.0 Å². The number of anilines is 3. The molecule has 0 saturated heterocycles. The van der Waals surface area contributed by atoms with Crippen LogP contribution >= 0.6 is 11.6 Å². The number of aromatic nitrogens is 2. The summed E-state index contributed by atoms with van der Waals surface area (Å²) >= 11 is 5.87. The molecule has 2 N–H and O–H groups in total. The Morgan fingerprint density at radius 3 is 2.38 bits per heavy atom. The summed E-state index contributed by atoms with van der Waals surface area (Å²) in [6.07, 6.45) is 0. The molecule has 1 heterocycles. The molecule has 4 nitrogen and oxygen atoms in total. The maximum atomic E-state index is 13.4. The summed E-state index contributed by atoms with van der Waals surface area (Å²) in [5.74, 6) is 1.90. The highest BCUT2D eigenvalue weighted by Gasteiger charge is 2.13. The molecule has 0 amide bonds. The van der Waals surface area contributed by atoms with Gasteiger partial charge in [0.1, 0.15) is 23.3 Å². The predicted molar refractivity (Wildman–Crippen MR) is 85.1 cm³/mol. The van der Waals surface area contributed by atoms with Gasteiger partial charge in [-0.1, -0.05) is 25.4 Å². The molecule has 21 heavy (non-hydrogen) atoms. The Kier molecular flexibility index (Phi) is 4.63. The lowest BCUT2D eigenvalue weighted by Crippen LogP contribution is -2.08.